The normalized spacial score (nSPS) is 16.9. The van der Waals surface area contributed by atoms with Crippen molar-refractivity contribution in [2.75, 3.05) is 52.5 Å². The zero-order valence-corrected chi connectivity index (χ0v) is 34.5. The Labute approximate surface area is 338 Å². The molecule has 1 fully saturated rings. The number of hydrogen-bond acceptors (Lipinski definition) is 6. The summed E-state index contributed by atoms with van der Waals surface area (Å²) in [6.45, 7) is 14.9. The number of ether oxygens (including phenoxy) is 2. The summed E-state index contributed by atoms with van der Waals surface area (Å²) in [5.74, 6) is 0.517. The Balaban J connectivity index is 1.28. The van der Waals surface area contributed by atoms with Crippen molar-refractivity contribution in [1.29, 1.82) is 0 Å². The molecule has 0 N–H and O–H groups in total. The lowest BCUT2D eigenvalue weighted by atomic mass is 9.89. The van der Waals surface area contributed by atoms with Gasteiger partial charge in [0.2, 0.25) is 0 Å². The van der Waals surface area contributed by atoms with Gasteiger partial charge in [0.15, 0.2) is 0 Å². The number of hydrogen-bond donors (Lipinski definition) is 0. The predicted octanol–water partition coefficient (Wildman–Crippen LogP) is 7.81. The third-order valence-electron chi connectivity index (χ3n) is 12.1. The second-order valence-electron chi connectivity index (χ2n) is 16.1. The fraction of sp³-hybridized carbons (Fsp3) is 0.468. The highest BCUT2D eigenvalue weighted by Gasteiger charge is 2.35. The lowest BCUT2D eigenvalue weighted by Gasteiger charge is -2.41. The molecular weight excluding hydrogens is 715 g/mol. The van der Waals surface area contributed by atoms with E-state index in [0.717, 1.165) is 104 Å². The van der Waals surface area contributed by atoms with E-state index in [2.05, 4.69) is 52.5 Å². The smallest absolute Gasteiger partial charge is 0.410 e. The van der Waals surface area contributed by atoms with E-state index in [4.69, 9.17) is 9.47 Å². The van der Waals surface area contributed by atoms with Crippen LogP contribution < -0.4 is 4.74 Å². The van der Waals surface area contributed by atoms with Gasteiger partial charge in [0, 0.05) is 88.0 Å². The summed E-state index contributed by atoms with van der Waals surface area (Å²) in [6.07, 6.45) is 4.93. The number of aryl methyl sites for hydroxylation is 1. The number of amides is 3. The maximum atomic E-state index is 15.4. The van der Waals surface area contributed by atoms with Gasteiger partial charge in [-0.2, -0.15) is 0 Å². The van der Waals surface area contributed by atoms with Crippen molar-refractivity contribution in [3.8, 4) is 17.0 Å². The molecular formula is C47H59N5O5. The maximum absolute atomic E-state index is 15.4. The zero-order valence-electron chi connectivity index (χ0n) is 34.5. The van der Waals surface area contributed by atoms with Crippen LogP contribution in [0.3, 0.4) is 0 Å². The van der Waals surface area contributed by atoms with E-state index in [9.17, 15) is 9.59 Å². The number of carbonyl (C=O) groups is 3. The van der Waals surface area contributed by atoms with Crippen molar-refractivity contribution in [3.63, 3.8) is 0 Å². The molecule has 1 aromatic heterocycles. The summed E-state index contributed by atoms with van der Waals surface area (Å²) >= 11 is 0. The number of aromatic nitrogens is 1. The van der Waals surface area contributed by atoms with Crippen LogP contribution in [0.25, 0.3) is 11.3 Å². The third kappa shape index (κ3) is 8.97. The number of morpholine rings is 1. The van der Waals surface area contributed by atoms with Gasteiger partial charge < -0.3 is 28.7 Å². The van der Waals surface area contributed by atoms with Gasteiger partial charge in [0.25, 0.3) is 11.8 Å². The molecule has 0 aliphatic carbocycles. The van der Waals surface area contributed by atoms with Gasteiger partial charge in [-0.25, -0.2) is 4.79 Å². The van der Waals surface area contributed by atoms with Gasteiger partial charge in [0.05, 0.1) is 18.8 Å². The Morgan fingerprint density at radius 1 is 0.807 bits per heavy atom. The standard InChI is InChI=1S/C47H59N5O5/c1-6-8-18-50(19-9-7-2)45(53)41-29-44(48(5)34(41)4)42-27-36-17-20-51(47(55)57-40-16-12-13-33(3)25-40)30-38(36)28-43(42)46(54)52-31-37-15-11-10-14-35(37)26-39(52)32-49-21-23-56-24-22-49/h10-16,25,27-29,39H,6-9,17-24,26,30-32H2,1-5H3/t39-/m0/s1. The topological polar surface area (TPSA) is 87.6 Å². The highest BCUT2D eigenvalue weighted by molar-refractivity contribution is 6.03. The second kappa shape index (κ2) is 18.1. The predicted molar refractivity (Wildman–Crippen MR) is 224 cm³/mol. The number of fused-ring (bicyclic) bond motifs is 2. The van der Waals surface area contributed by atoms with E-state index >= 15 is 4.79 Å². The van der Waals surface area contributed by atoms with Crippen molar-refractivity contribution < 1.29 is 23.9 Å². The third-order valence-corrected chi connectivity index (χ3v) is 12.1. The summed E-state index contributed by atoms with van der Waals surface area (Å²) in [7, 11) is 2.00. The molecule has 3 amide bonds. The lowest BCUT2D eigenvalue weighted by Crippen LogP contribution is -2.52. The molecule has 57 heavy (non-hydrogen) atoms. The van der Waals surface area contributed by atoms with Crippen molar-refractivity contribution in [2.24, 2.45) is 7.05 Å². The molecule has 3 aliphatic rings. The molecule has 0 bridgehead atoms. The fourth-order valence-electron chi connectivity index (χ4n) is 8.58. The van der Waals surface area contributed by atoms with Crippen LogP contribution in [0.4, 0.5) is 4.79 Å². The summed E-state index contributed by atoms with van der Waals surface area (Å²) in [5.41, 5.74) is 9.29. The molecule has 10 nitrogen and oxygen atoms in total. The first-order chi connectivity index (χ1) is 27.6. The Morgan fingerprint density at radius 3 is 2.26 bits per heavy atom. The van der Waals surface area contributed by atoms with Gasteiger partial charge in [-0.05, 0) is 97.7 Å². The van der Waals surface area contributed by atoms with Crippen molar-refractivity contribution in [3.05, 3.63) is 111 Å². The maximum Gasteiger partial charge on any atom is 0.415 e. The Bertz CT molecular complexity index is 2080. The summed E-state index contributed by atoms with van der Waals surface area (Å²) in [5, 5.41) is 0. The molecule has 7 rings (SSSR count). The fourth-order valence-corrected chi connectivity index (χ4v) is 8.58. The van der Waals surface area contributed by atoms with Crippen LogP contribution >= 0.6 is 0 Å². The number of benzene rings is 3. The van der Waals surface area contributed by atoms with E-state index in [1.54, 1.807) is 11.0 Å². The van der Waals surface area contributed by atoms with Crippen LogP contribution in [0.5, 0.6) is 5.75 Å². The van der Waals surface area contributed by atoms with Crippen LogP contribution in [-0.2, 0) is 37.7 Å². The number of rotatable bonds is 12. The molecule has 0 saturated carbocycles. The van der Waals surface area contributed by atoms with Crippen molar-refractivity contribution >= 4 is 17.9 Å². The molecule has 0 unspecified atom stereocenters. The first-order valence-corrected chi connectivity index (χ1v) is 21.0. The quantitative estimate of drug-likeness (QED) is 0.146. The van der Waals surface area contributed by atoms with E-state index in [-0.39, 0.29) is 17.9 Å². The van der Waals surface area contributed by atoms with Gasteiger partial charge in [-0.3, -0.25) is 14.5 Å². The molecule has 3 aromatic carbocycles. The van der Waals surface area contributed by atoms with Gasteiger partial charge in [-0.15, -0.1) is 0 Å². The molecule has 0 spiro atoms. The Hall–Kier alpha value is -4.93. The first-order valence-electron chi connectivity index (χ1n) is 21.0. The average molecular weight is 774 g/mol. The zero-order chi connectivity index (χ0) is 40.1. The molecule has 3 aliphatic heterocycles. The van der Waals surface area contributed by atoms with Gasteiger partial charge in [-0.1, -0.05) is 63.1 Å². The first kappa shape index (κ1) is 40.3. The van der Waals surface area contributed by atoms with Crippen LogP contribution in [0, 0.1) is 13.8 Å². The highest BCUT2D eigenvalue weighted by atomic mass is 16.6. The minimum atomic E-state index is -0.404. The van der Waals surface area contributed by atoms with E-state index in [0.29, 0.717) is 56.1 Å². The average Bonchev–Trinajstić information content (AvgIpc) is 3.52. The molecule has 0 radical (unpaired) electrons. The van der Waals surface area contributed by atoms with E-state index in [1.165, 1.54) is 5.56 Å². The molecule has 4 aromatic rings. The van der Waals surface area contributed by atoms with E-state index in [1.807, 2.05) is 62.2 Å². The largest absolute Gasteiger partial charge is 0.415 e. The molecule has 1 atom stereocenters. The summed E-state index contributed by atoms with van der Waals surface area (Å²) in [6, 6.07) is 22.1. The number of nitrogens with zero attached hydrogens (tertiary/aromatic N) is 5. The number of carbonyl (C=O) groups excluding carboxylic acids is 3. The highest BCUT2D eigenvalue weighted by Crippen LogP contribution is 2.36. The molecule has 4 heterocycles. The minimum Gasteiger partial charge on any atom is -0.410 e. The van der Waals surface area contributed by atoms with Crippen LogP contribution in [0.2, 0.25) is 0 Å². The molecule has 10 heteroatoms. The van der Waals surface area contributed by atoms with Gasteiger partial charge >= 0.3 is 6.09 Å². The summed E-state index contributed by atoms with van der Waals surface area (Å²) < 4.78 is 13.6. The Morgan fingerprint density at radius 2 is 1.54 bits per heavy atom. The van der Waals surface area contributed by atoms with Crippen molar-refractivity contribution in [1.82, 2.24) is 24.2 Å². The summed E-state index contributed by atoms with van der Waals surface area (Å²) in [4.78, 5) is 51.4. The lowest BCUT2D eigenvalue weighted by molar-refractivity contribution is 0.0193. The Kier molecular flexibility index (Phi) is 12.8. The molecule has 1 saturated heterocycles. The number of unbranched alkanes of at least 4 members (excludes halogenated alkanes) is 2. The van der Waals surface area contributed by atoms with Crippen LogP contribution in [-0.4, -0.2) is 101 Å². The van der Waals surface area contributed by atoms with Crippen molar-refractivity contribution in [2.45, 2.75) is 85.4 Å². The van der Waals surface area contributed by atoms with Crippen LogP contribution in [0.1, 0.15) is 93.8 Å². The minimum absolute atomic E-state index is 0.0341. The second-order valence-corrected chi connectivity index (χ2v) is 16.1. The monoisotopic (exact) mass is 773 g/mol. The van der Waals surface area contributed by atoms with Gasteiger partial charge in [0.1, 0.15) is 5.75 Å². The SMILES string of the molecule is CCCCN(CCCC)C(=O)c1cc(-c2cc3c(cc2C(=O)N2Cc4ccccc4C[C@H]2CN2CCOCC2)CN(C(=O)Oc2cccc(C)c2)CC3)n(C)c1C. The van der Waals surface area contributed by atoms with Crippen LogP contribution in [0.15, 0.2) is 66.7 Å². The van der Waals surface area contributed by atoms with E-state index < -0.39 is 6.09 Å². The molecule has 302 valence electrons.